The van der Waals surface area contributed by atoms with E-state index in [1.54, 1.807) is 0 Å². The number of rotatable bonds is 4. The number of aliphatic imine (C=N–C) groups is 1. The Balaban J connectivity index is 1.31. The fraction of sp³-hybridized carbons (Fsp3) is 0.542. The number of aliphatic hydroxyl groups is 1. The zero-order valence-electron chi connectivity index (χ0n) is 18.0. The lowest BCUT2D eigenvalue weighted by Gasteiger charge is -2.41. The first-order valence-electron chi connectivity index (χ1n) is 11.2. The highest BCUT2D eigenvalue weighted by atomic mass is 19.1. The van der Waals surface area contributed by atoms with Gasteiger partial charge in [0, 0.05) is 63.0 Å². The summed E-state index contributed by atoms with van der Waals surface area (Å²) in [6.07, 6.45) is 7.65. The molecule has 0 saturated carbocycles. The number of piperidine rings is 1. The van der Waals surface area contributed by atoms with Gasteiger partial charge in [0.05, 0.1) is 23.2 Å². The Morgan fingerprint density at radius 2 is 1.94 bits per heavy atom. The number of hydrogen-bond donors (Lipinski definition) is 1. The lowest BCUT2D eigenvalue weighted by atomic mass is 9.74. The molecule has 0 radical (unpaired) electrons. The third-order valence-corrected chi connectivity index (χ3v) is 7.10. The van der Waals surface area contributed by atoms with Gasteiger partial charge in [0.25, 0.3) is 0 Å². The van der Waals surface area contributed by atoms with Crippen molar-refractivity contribution < 1.29 is 14.2 Å². The first-order valence-corrected chi connectivity index (χ1v) is 11.2. The minimum Gasteiger partial charge on any atom is -0.385 e. The van der Waals surface area contributed by atoms with E-state index in [1.807, 2.05) is 6.21 Å². The number of aromatic nitrogens is 2. The van der Waals surface area contributed by atoms with Crippen molar-refractivity contribution >= 4 is 17.7 Å². The third-order valence-electron chi connectivity index (χ3n) is 7.10. The smallest absolute Gasteiger partial charge is 0.141 e. The Labute approximate surface area is 182 Å². The molecule has 0 atom stereocenters. The molecule has 5 rings (SSSR count). The molecule has 2 aromatic rings. The highest BCUT2D eigenvalue weighted by Gasteiger charge is 2.38. The average molecular weight is 425 g/mol. The van der Waals surface area contributed by atoms with Crippen LogP contribution in [0.5, 0.6) is 0 Å². The molecule has 0 spiro atoms. The number of anilines is 1. The summed E-state index contributed by atoms with van der Waals surface area (Å²) in [4.78, 5) is 15.9. The lowest BCUT2D eigenvalue weighted by molar-refractivity contribution is -0.0690. The number of nitrogens with zero attached hydrogens (tertiary/aromatic N) is 4. The van der Waals surface area contributed by atoms with Gasteiger partial charge in [-0.15, -0.1) is 0 Å². The molecule has 3 aliphatic heterocycles. The maximum atomic E-state index is 14.1. The van der Waals surface area contributed by atoms with Crippen molar-refractivity contribution in [2.75, 3.05) is 31.2 Å². The zero-order valence-corrected chi connectivity index (χ0v) is 18.0. The van der Waals surface area contributed by atoms with Gasteiger partial charge in [0.1, 0.15) is 11.6 Å². The van der Waals surface area contributed by atoms with E-state index >= 15 is 0 Å². The lowest BCUT2D eigenvalue weighted by Crippen LogP contribution is -2.41. The molecule has 0 unspecified atom stereocenters. The molecule has 2 aromatic heterocycles. The van der Waals surface area contributed by atoms with E-state index in [1.165, 1.54) is 12.3 Å². The topological polar surface area (TPSA) is 70.8 Å². The van der Waals surface area contributed by atoms with Crippen LogP contribution in [0, 0.1) is 11.2 Å². The first kappa shape index (κ1) is 20.5. The summed E-state index contributed by atoms with van der Waals surface area (Å²) in [5.41, 5.74) is 2.46. The zero-order chi connectivity index (χ0) is 21.5. The van der Waals surface area contributed by atoms with Crippen LogP contribution in [0.25, 0.3) is 0 Å². The first-order chi connectivity index (χ1) is 14.9. The van der Waals surface area contributed by atoms with Crippen LogP contribution in [-0.2, 0) is 23.2 Å². The number of hydrogen-bond acceptors (Lipinski definition) is 6. The van der Waals surface area contributed by atoms with Gasteiger partial charge in [-0.2, -0.15) is 0 Å². The number of halogens is 1. The van der Waals surface area contributed by atoms with Crippen molar-refractivity contribution in [1.29, 1.82) is 0 Å². The van der Waals surface area contributed by atoms with Crippen LogP contribution in [0.15, 0.2) is 29.4 Å². The summed E-state index contributed by atoms with van der Waals surface area (Å²) in [5, 5.41) is 11.2. The summed E-state index contributed by atoms with van der Waals surface area (Å²) in [5.74, 6) is 0.619. The molecule has 1 N–H and O–H groups in total. The molecule has 2 saturated heterocycles. The molecular weight excluding hydrogens is 395 g/mol. The highest BCUT2D eigenvalue weighted by molar-refractivity contribution is 5.75. The Morgan fingerprint density at radius 3 is 2.71 bits per heavy atom. The number of ether oxygens (including phenoxy) is 1. The van der Waals surface area contributed by atoms with Crippen molar-refractivity contribution in [3.63, 3.8) is 0 Å². The maximum absolute atomic E-state index is 14.1. The predicted molar refractivity (Wildman–Crippen MR) is 117 cm³/mol. The van der Waals surface area contributed by atoms with Crippen LogP contribution < -0.4 is 4.90 Å². The molecule has 7 heteroatoms. The van der Waals surface area contributed by atoms with E-state index in [-0.39, 0.29) is 5.41 Å². The summed E-state index contributed by atoms with van der Waals surface area (Å²) in [6, 6.07) is 5.59. The van der Waals surface area contributed by atoms with Crippen LogP contribution in [0.3, 0.4) is 0 Å². The second-order valence-corrected chi connectivity index (χ2v) is 9.42. The van der Waals surface area contributed by atoms with E-state index in [2.05, 4.69) is 33.9 Å². The van der Waals surface area contributed by atoms with Gasteiger partial charge in [0.2, 0.25) is 0 Å². The van der Waals surface area contributed by atoms with E-state index in [4.69, 9.17) is 9.72 Å². The summed E-state index contributed by atoms with van der Waals surface area (Å²) in [6.45, 7) is 5.07. The Morgan fingerprint density at radius 1 is 1.16 bits per heavy atom. The molecule has 2 fully saturated rings. The molecule has 0 amide bonds. The van der Waals surface area contributed by atoms with E-state index in [0.29, 0.717) is 31.6 Å². The van der Waals surface area contributed by atoms with Crippen molar-refractivity contribution in [3.05, 3.63) is 47.2 Å². The van der Waals surface area contributed by atoms with Crippen LogP contribution in [0.1, 0.15) is 49.6 Å². The minimum absolute atomic E-state index is 0.0391. The fourth-order valence-electron chi connectivity index (χ4n) is 5.00. The Hall–Kier alpha value is -2.38. The molecule has 5 heterocycles. The van der Waals surface area contributed by atoms with E-state index < -0.39 is 11.4 Å². The molecule has 31 heavy (non-hydrogen) atoms. The van der Waals surface area contributed by atoms with Gasteiger partial charge in [-0.05, 0) is 42.9 Å². The maximum Gasteiger partial charge on any atom is 0.141 e. The average Bonchev–Trinajstić information content (AvgIpc) is 3.24. The molecule has 0 aromatic carbocycles. The van der Waals surface area contributed by atoms with E-state index in [9.17, 15) is 9.50 Å². The molecule has 0 bridgehead atoms. The Bertz CT molecular complexity index is 995. The fourth-order valence-corrected chi connectivity index (χ4v) is 5.00. The molecule has 6 nitrogen and oxygen atoms in total. The van der Waals surface area contributed by atoms with Crippen molar-refractivity contribution in [2.24, 2.45) is 10.4 Å². The van der Waals surface area contributed by atoms with Gasteiger partial charge in [0.15, 0.2) is 0 Å². The minimum atomic E-state index is -1.06. The van der Waals surface area contributed by atoms with Crippen LogP contribution in [0.2, 0.25) is 0 Å². The van der Waals surface area contributed by atoms with Crippen LogP contribution in [-0.4, -0.2) is 47.6 Å². The summed E-state index contributed by atoms with van der Waals surface area (Å²) >= 11 is 0. The van der Waals surface area contributed by atoms with Gasteiger partial charge in [-0.25, -0.2) is 9.37 Å². The van der Waals surface area contributed by atoms with Gasteiger partial charge in [-0.1, -0.05) is 6.92 Å². The number of pyridine rings is 2. The van der Waals surface area contributed by atoms with Crippen LogP contribution in [0.4, 0.5) is 15.9 Å². The number of fused-ring (bicyclic) bond motifs is 1. The largest absolute Gasteiger partial charge is 0.385 e. The van der Waals surface area contributed by atoms with Crippen molar-refractivity contribution in [1.82, 2.24) is 9.97 Å². The standard InChI is InChI=1S/C24H29FN4O2/c1-23(5-10-29(11-6-23)22-3-2-19-20(28-22)4-9-26-19)15-21-18(14-17(25)16-27-21)24(30)7-12-31-13-8-24/h2-3,9,14,16,30H,4-8,10-13,15H2,1H3. The SMILES string of the molecule is CC1(Cc2ncc(F)cc2C2(O)CCOCC2)CCN(c2ccc3c(n2)CC=N3)CC1. The second-order valence-electron chi connectivity index (χ2n) is 9.42. The van der Waals surface area contributed by atoms with E-state index in [0.717, 1.165) is 61.7 Å². The molecular formula is C24H29FN4O2. The molecule has 3 aliphatic rings. The summed E-state index contributed by atoms with van der Waals surface area (Å²) < 4.78 is 19.5. The normalized spacial score (nSPS) is 21.8. The molecule has 0 aliphatic carbocycles. The van der Waals surface area contributed by atoms with Crippen molar-refractivity contribution in [2.45, 2.75) is 51.0 Å². The van der Waals surface area contributed by atoms with Gasteiger partial charge in [-0.3, -0.25) is 9.98 Å². The van der Waals surface area contributed by atoms with Gasteiger partial charge >= 0.3 is 0 Å². The highest BCUT2D eigenvalue weighted by Crippen LogP contribution is 2.40. The molecule has 164 valence electrons. The van der Waals surface area contributed by atoms with Crippen LogP contribution >= 0.6 is 0 Å². The Kier molecular flexibility index (Phi) is 5.26. The second kappa shape index (κ2) is 7.95. The summed E-state index contributed by atoms with van der Waals surface area (Å²) in [7, 11) is 0. The monoisotopic (exact) mass is 424 g/mol. The predicted octanol–water partition coefficient (Wildman–Crippen LogP) is 3.72. The van der Waals surface area contributed by atoms with Gasteiger partial charge < -0.3 is 14.7 Å². The van der Waals surface area contributed by atoms with Crippen molar-refractivity contribution in [3.8, 4) is 0 Å². The quantitative estimate of drug-likeness (QED) is 0.810. The third kappa shape index (κ3) is 4.08.